The Hall–Kier alpha value is -1.69. The summed E-state index contributed by atoms with van der Waals surface area (Å²) in [4.78, 5) is 28.7. The second-order valence-corrected chi connectivity index (χ2v) is 3.13. The van der Waals surface area contributed by atoms with Gasteiger partial charge in [0, 0.05) is 13.5 Å². The Morgan fingerprint density at radius 3 is 2.93 bits per heavy atom. The van der Waals surface area contributed by atoms with Gasteiger partial charge in [-0.25, -0.2) is 9.79 Å². The van der Waals surface area contributed by atoms with Gasteiger partial charge in [-0.1, -0.05) is 0 Å². The molecule has 1 aromatic heterocycles. The Bertz CT molecular complexity index is 524. The van der Waals surface area contributed by atoms with Gasteiger partial charge in [0.05, 0.1) is 17.9 Å². The molecule has 6 heteroatoms. The zero-order valence-corrected chi connectivity index (χ0v) is 7.57. The van der Waals surface area contributed by atoms with Gasteiger partial charge in [-0.15, -0.1) is 0 Å². The summed E-state index contributed by atoms with van der Waals surface area (Å²) in [6.07, 6.45) is 0.315. The summed E-state index contributed by atoms with van der Waals surface area (Å²) >= 11 is 0. The summed E-state index contributed by atoms with van der Waals surface area (Å²) in [7, 11) is 1.53. The maximum absolute atomic E-state index is 11.3. The number of aromatic nitrogens is 2. The van der Waals surface area contributed by atoms with Crippen LogP contribution in [0.25, 0.3) is 0 Å². The number of hydrogen-bond donors (Lipinski definition) is 2. The molecule has 1 aromatic rings. The highest BCUT2D eigenvalue weighted by atomic mass is 16.3. The quantitative estimate of drug-likeness (QED) is 0.583. The molecule has 2 heterocycles. The first-order valence-corrected chi connectivity index (χ1v) is 4.13. The summed E-state index contributed by atoms with van der Waals surface area (Å²) in [5.74, 6) is 0.350. The molecule has 0 atom stereocenters. The highest BCUT2D eigenvalue weighted by Gasteiger charge is 2.20. The average molecular weight is 195 g/mol. The van der Waals surface area contributed by atoms with Gasteiger partial charge >= 0.3 is 5.69 Å². The summed E-state index contributed by atoms with van der Waals surface area (Å²) < 4.78 is 1.26. The Balaban J connectivity index is 2.73. The Morgan fingerprint density at radius 1 is 1.57 bits per heavy atom. The van der Waals surface area contributed by atoms with E-state index in [-0.39, 0.29) is 6.61 Å². The number of hydrogen-bond acceptors (Lipinski definition) is 4. The third-order valence-corrected chi connectivity index (χ3v) is 2.21. The van der Waals surface area contributed by atoms with Gasteiger partial charge in [0.25, 0.3) is 5.56 Å². The van der Waals surface area contributed by atoms with Crippen LogP contribution < -0.4 is 11.2 Å². The molecule has 0 aromatic carbocycles. The van der Waals surface area contributed by atoms with E-state index in [1.807, 2.05) is 0 Å². The number of aliphatic hydroxyl groups excluding tert-OH is 1. The van der Waals surface area contributed by atoms with Crippen LogP contribution in [0.5, 0.6) is 0 Å². The first-order chi connectivity index (χ1) is 6.63. The van der Waals surface area contributed by atoms with Crippen LogP contribution in [0.4, 0.5) is 5.82 Å². The van der Waals surface area contributed by atoms with Crippen molar-refractivity contribution in [3.63, 3.8) is 0 Å². The zero-order chi connectivity index (χ0) is 10.3. The molecule has 2 N–H and O–H groups in total. The van der Waals surface area contributed by atoms with E-state index >= 15 is 0 Å². The predicted molar refractivity (Wildman–Crippen MR) is 50.2 cm³/mol. The SMILES string of the molecule is Cn1c2c(c(=O)[nH]c1=O)CC(CO)=N2. The van der Waals surface area contributed by atoms with Gasteiger partial charge < -0.3 is 5.11 Å². The molecular formula is C8H9N3O3. The molecule has 0 saturated heterocycles. The molecule has 1 aliphatic heterocycles. The Kier molecular flexibility index (Phi) is 1.85. The van der Waals surface area contributed by atoms with Gasteiger partial charge in [0.2, 0.25) is 0 Å². The largest absolute Gasteiger partial charge is 0.390 e. The van der Waals surface area contributed by atoms with Crippen LogP contribution in [-0.4, -0.2) is 27.0 Å². The first kappa shape index (κ1) is 8.89. The van der Waals surface area contributed by atoms with Crippen molar-refractivity contribution in [3.05, 3.63) is 26.4 Å². The minimum Gasteiger partial charge on any atom is -0.390 e. The van der Waals surface area contributed by atoms with Crippen molar-refractivity contribution >= 4 is 11.5 Å². The molecule has 0 bridgehead atoms. The fourth-order valence-corrected chi connectivity index (χ4v) is 1.44. The van der Waals surface area contributed by atoms with E-state index in [2.05, 4.69) is 9.98 Å². The van der Waals surface area contributed by atoms with Crippen molar-refractivity contribution in [2.24, 2.45) is 12.0 Å². The maximum Gasteiger partial charge on any atom is 0.329 e. The third-order valence-electron chi connectivity index (χ3n) is 2.21. The number of nitrogens with one attached hydrogen (secondary N) is 1. The van der Waals surface area contributed by atoms with Crippen molar-refractivity contribution in [2.45, 2.75) is 6.42 Å². The van der Waals surface area contributed by atoms with Crippen LogP contribution in [0, 0.1) is 0 Å². The Morgan fingerprint density at radius 2 is 2.29 bits per heavy atom. The molecule has 0 unspecified atom stereocenters. The second kappa shape index (κ2) is 2.91. The summed E-state index contributed by atoms with van der Waals surface area (Å²) in [5, 5.41) is 8.86. The maximum atomic E-state index is 11.3. The lowest BCUT2D eigenvalue weighted by Crippen LogP contribution is -2.29. The molecule has 0 spiro atoms. The molecule has 0 amide bonds. The summed E-state index contributed by atoms with van der Waals surface area (Å²) in [5.41, 5.74) is 0.0369. The number of rotatable bonds is 1. The fraction of sp³-hybridized carbons (Fsp3) is 0.375. The lowest BCUT2D eigenvalue weighted by atomic mass is 10.2. The second-order valence-electron chi connectivity index (χ2n) is 3.13. The predicted octanol–water partition coefficient (Wildman–Crippen LogP) is -1.31. The fourth-order valence-electron chi connectivity index (χ4n) is 1.44. The number of fused-ring (bicyclic) bond motifs is 1. The average Bonchev–Trinajstić information content (AvgIpc) is 2.58. The Labute approximate surface area is 78.5 Å². The van der Waals surface area contributed by atoms with Crippen LogP contribution in [0.1, 0.15) is 5.56 Å². The van der Waals surface area contributed by atoms with Gasteiger partial charge in [0.15, 0.2) is 0 Å². The van der Waals surface area contributed by atoms with Crippen LogP contribution in [-0.2, 0) is 13.5 Å². The lowest BCUT2D eigenvalue weighted by Gasteiger charge is -2.00. The van der Waals surface area contributed by atoms with Crippen molar-refractivity contribution in [3.8, 4) is 0 Å². The number of nitrogens with zero attached hydrogens (tertiary/aromatic N) is 2. The highest BCUT2D eigenvalue weighted by molar-refractivity contribution is 5.93. The van der Waals surface area contributed by atoms with Crippen LogP contribution in [0.2, 0.25) is 0 Å². The molecule has 6 nitrogen and oxygen atoms in total. The van der Waals surface area contributed by atoms with E-state index in [0.717, 1.165) is 0 Å². The van der Waals surface area contributed by atoms with Gasteiger partial charge in [-0.05, 0) is 0 Å². The minimum atomic E-state index is -0.489. The van der Waals surface area contributed by atoms with E-state index < -0.39 is 11.2 Å². The van der Waals surface area contributed by atoms with E-state index in [4.69, 9.17) is 5.11 Å². The lowest BCUT2D eigenvalue weighted by molar-refractivity contribution is 0.356. The molecule has 0 fully saturated rings. The van der Waals surface area contributed by atoms with E-state index in [0.29, 0.717) is 23.5 Å². The van der Waals surface area contributed by atoms with E-state index in [1.165, 1.54) is 11.6 Å². The zero-order valence-electron chi connectivity index (χ0n) is 7.57. The third kappa shape index (κ3) is 1.12. The normalized spacial score (nSPS) is 14.0. The molecule has 0 aliphatic carbocycles. The standard InChI is InChI=1S/C8H9N3O3/c1-11-6-5(2-4(3-12)9-6)7(13)10-8(11)14/h12H,2-3H2,1H3,(H,10,13,14). The molecule has 74 valence electrons. The number of aliphatic imine (C=N–C) groups is 1. The van der Waals surface area contributed by atoms with Crippen molar-refractivity contribution in [1.29, 1.82) is 0 Å². The van der Waals surface area contributed by atoms with Crippen molar-refractivity contribution in [2.75, 3.05) is 6.61 Å². The smallest absolute Gasteiger partial charge is 0.329 e. The van der Waals surface area contributed by atoms with Crippen molar-refractivity contribution < 1.29 is 5.11 Å². The molecule has 0 saturated carbocycles. The number of aromatic amines is 1. The van der Waals surface area contributed by atoms with E-state index in [1.54, 1.807) is 0 Å². The highest BCUT2D eigenvalue weighted by Crippen LogP contribution is 2.20. The molecule has 1 aliphatic rings. The van der Waals surface area contributed by atoms with Gasteiger partial charge in [0.1, 0.15) is 5.82 Å². The summed E-state index contributed by atoms with van der Waals surface area (Å²) in [6.45, 7) is -0.192. The first-order valence-electron chi connectivity index (χ1n) is 4.13. The van der Waals surface area contributed by atoms with Crippen LogP contribution in [0.15, 0.2) is 14.6 Å². The summed E-state index contributed by atoms with van der Waals surface area (Å²) in [6, 6.07) is 0. The van der Waals surface area contributed by atoms with E-state index in [9.17, 15) is 9.59 Å². The minimum absolute atomic E-state index is 0.192. The molecular weight excluding hydrogens is 186 g/mol. The number of H-pyrrole nitrogens is 1. The molecule has 2 rings (SSSR count). The topological polar surface area (TPSA) is 87.5 Å². The molecule has 0 radical (unpaired) electrons. The van der Waals surface area contributed by atoms with Crippen molar-refractivity contribution in [1.82, 2.24) is 9.55 Å². The van der Waals surface area contributed by atoms with Crippen LogP contribution in [0.3, 0.4) is 0 Å². The monoisotopic (exact) mass is 195 g/mol. The van der Waals surface area contributed by atoms with Gasteiger partial charge in [-0.2, -0.15) is 0 Å². The molecule has 14 heavy (non-hydrogen) atoms. The number of aliphatic hydroxyl groups is 1. The van der Waals surface area contributed by atoms with Crippen LogP contribution >= 0.6 is 0 Å². The van der Waals surface area contributed by atoms with Gasteiger partial charge in [-0.3, -0.25) is 14.3 Å².